The van der Waals surface area contributed by atoms with E-state index >= 15 is 0 Å². The number of carbonyl (C=O) groups is 1. The first-order valence-electron chi connectivity index (χ1n) is 5.26. The average Bonchev–Trinajstić information content (AvgIpc) is 2.16. The highest BCUT2D eigenvalue weighted by Crippen LogP contribution is 2.10. The van der Waals surface area contributed by atoms with Gasteiger partial charge in [-0.2, -0.15) is 0 Å². The Morgan fingerprint density at radius 2 is 1.86 bits per heavy atom. The van der Waals surface area contributed by atoms with Crippen LogP contribution in [0, 0.1) is 0 Å². The van der Waals surface area contributed by atoms with E-state index in [1.54, 1.807) is 0 Å². The second-order valence-corrected chi connectivity index (χ2v) is 3.42. The molecule has 0 saturated heterocycles. The monoisotopic (exact) mass is 198 g/mol. The van der Waals surface area contributed by atoms with E-state index in [-0.39, 0.29) is 11.8 Å². The fourth-order valence-electron chi connectivity index (χ4n) is 1.59. The van der Waals surface area contributed by atoms with Gasteiger partial charge in [0.25, 0.3) is 0 Å². The van der Waals surface area contributed by atoms with Crippen molar-refractivity contribution in [3.05, 3.63) is 12.3 Å². The lowest BCUT2D eigenvalue weighted by atomic mass is 10.0. The first-order valence-corrected chi connectivity index (χ1v) is 5.26. The van der Waals surface area contributed by atoms with Crippen LogP contribution in [0.4, 0.5) is 0 Å². The van der Waals surface area contributed by atoms with E-state index in [0.717, 1.165) is 13.1 Å². The zero-order valence-corrected chi connectivity index (χ0v) is 9.55. The molecule has 0 aromatic carbocycles. The molecular weight excluding hydrogens is 176 g/mol. The Bertz CT molecular complexity index is 197. The van der Waals surface area contributed by atoms with E-state index in [9.17, 15) is 4.79 Å². The molecule has 14 heavy (non-hydrogen) atoms. The first-order chi connectivity index (χ1) is 6.56. The summed E-state index contributed by atoms with van der Waals surface area (Å²) in [7, 11) is 0. The van der Waals surface area contributed by atoms with Gasteiger partial charge in [-0.05, 0) is 13.1 Å². The van der Waals surface area contributed by atoms with Crippen LogP contribution in [-0.4, -0.2) is 29.8 Å². The van der Waals surface area contributed by atoms with Crippen molar-refractivity contribution in [3.8, 4) is 0 Å². The molecule has 0 radical (unpaired) electrons. The summed E-state index contributed by atoms with van der Waals surface area (Å²) < 4.78 is 0. The zero-order chi connectivity index (χ0) is 11.1. The Hall–Kier alpha value is -0.830. The zero-order valence-electron chi connectivity index (χ0n) is 9.55. The maximum absolute atomic E-state index is 11.7. The van der Waals surface area contributed by atoms with Gasteiger partial charge in [0.05, 0.1) is 6.04 Å². The largest absolute Gasteiger partial charge is 0.402 e. The predicted molar refractivity (Wildman–Crippen MR) is 60.0 cm³/mol. The van der Waals surface area contributed by atoms with Gasteiger partial charge in [-0.3, -0.25) is 9.69 Å². The van der Waals surface area contributed by atoms with E-state index in [1.165, 1.54) is 0 Å². The van der Waals surface area contributed by atoms with Gasteiger partial charge < -0.3 is 5.73 Å². The number of ketones is 1. The van der Waals surface area contributed by atoms with Gasteiger partial charge in [0.15, 0.2) is 0 Å². The second kappa shape index (κ2) is 6.60. The van der Waals surface area contributed by atoms with E-state index in [4.69, 9.17) is 5.73 Å². The number of Topliss-reactive ketones (excluding diaryl/α,β-unsaturated/α-hetero) is 1. The molecule has 0 aliphatic rings. The summed E-state index contributed by atoms with van der Waals surface area (Å²) in [4.78, 5) is 13.8. The molecule has 0 spiro atoms. The molecule has 1 unspecified atom stereocenters. The Labute approximate surface area is 87.0 Å². The molecule has 0 aliphatic heterocycles. The Balaban J connectivity index is 4.51. The van der Waals surface area contributed by atoms with Crippen LogP contribution in [0.1, 0.15) is 33.6 Å². The standard InChI is InChI=1S/C11H22N2O/c1-5-11(14)10(8-9(4)12)13(6-2)7-3/h10H,4-8,12H2,1-3H3. The quantitative estimate of drug-likeness (QED) is 0.675. The van der Waals surface area contributed by atoms with Crippen molar-refractivity contribution < 1.29 is 4.79 Å². The highest BCUT2D eigenvalue weighted by Gasteiger charge is 2.22. The number of nitrogens with two attached hydrogens (primary N) is 1. The van der Waals surface area contributed by atoms with Crippen molar-refractivity contribution >= 4 is 5.78 Å². The SMILES string of the molecule is C=C(N)CC(C(=O)CC)N(CC)CC. The van der Waals surface area contributed by atoms with Crippen LogP contribution < -0.4 is 5.73 Å². The van der Waals surface area contributed by atoms with Gasteiger partial charge in [-0.15, -0.1) is 0 Å². The van der Waals surface area contributed by atoms with Gasteiger partial charge in [-0.25, -0.2) is 0 Å². The van der Waals surface area contributed by atoms with Crippen LogP contribution in [0.15, 0.2) is 12.3 Å². The minimum Gasteiger partial charge on any atom is -0.402 e. The van der Waals surface area contributed by atoms with Crippen molar-refractivity contribution in [2.24, 2.45) is 5.73 Å². The topological polar surface area (TPSA) is 46.3 Å². The number of hydrogen-bond donors (Lipinski definition) is 1. The molecule has 3 nitrogen and oxygen atoms in total. The Kier molecular flexibility index (Phi) is 6.21. The Morgan fingerprint density at radius 3 is 2.14 bits per heavy atom. The Morgan fingerprint density at radius 1 is 1.36 bits per heavy atom. The number of carbonyl (C=O) groups excluding carboxylic acids is 1. The molecule has 0 amide bonds. The van der Waals surface area contributed by atoms with Gasteiger partial charge in [0.1, 0.15) is 5.78 Å². The van der Waals surface area contributed by atoms with E-state index in [1.807, 2.05) is 6.92 Å². The fraction of sp³-hybridized carbons (Fsp3) is 0.727. The highest BCUT2D eigenvalue weighted by molar-refractivity contribution is 5.84. The third-order valence-electron chi connectivity index (χ3n) is 2.43. The summed E-state index contributed by atoms with van der Waals surface area (Å²) in [6, 6.07) is -0.0764. The molecule has 0 heterocycles. The smallest absolute Gasteiger partial charge is 0.150 e. The van der Waals surface area contributed by atoms with Crippen LogP contribution in [0.3, 0.4) is 0 Å². The maximum Gasteiger partial charge on any atom is 0.150 e. The molecule has 0 aromatic heterocycles. The predicted octanol–water partition coefficient (Wildman–Crippen LogP) is 1.54. The average molecular weight is 198 g/mol. The minimum absolute atomic E-state index is 0.0764. The molecule has 1 atom stereocenters. The number of nitrogens with zero attached hydrogens (tertiary/aromatic N) is 1. The molecular formula is C11H22N2O. The summed E-state index contributed by atoms with van der Waals surface area (Å²) in [5.41, 5.74) is 6.15. The summed E-state index contributed by atoms with van der Waals surface area (Å²) in [5, 5.41) is 0. The molecule has 3 heteroatoms. The highest BCUT2D eigenvalue weighted by atomic mass is 16.1. The van der Waals surface area contributed by atoms with Crippen LogP contribution in [0.5, 0.6) is 0 Å². The molecule has 0 fully saturated rings. The number of likely N-dealkylation sites (N-methyl/N-ethyl adjacent to an activating group) is 1. The van der Waals surface area contributed by atoms with Crippen molar-refractivity contribution in [1.82, 2.24) is 4.90 Å². The first kappa shape index (κ1) is 13.2. The van der Waals surface area contributed by atoms with Gasteiger partial charge in [0.2, 0.25) is 0 Å². The van der Waals surface area contributed by atoms with Crippen molar-refractivity contribution in [3.63, 3.8) is 0 Å². The summed E-state index contributed by atoms with van der Waals surface area (Å²) in [6.07, 6.45) is 1.14. The lowest BCUT2D eigenvalue weighted by Crippen LogP contribution is -2.41. The minimum atomic E-state index is -0.0764. The second-order valence-electron chi connectivity index (χ2n) is 3.42. The van der Waals surface area contributed by atoms with Crippen molar-refractivity contribution in [2.45, 2.75) is 39.7 Å². The van der Waals surface area contributed by atoms with Crippen LogP contribution >= 0.6 is 0 Å². The third-order valence-corrected chi connectivity index (χ3v) is 2.43. The molecule has 0 saturated carbocycles. The lowest BCUT2D eigenvalue weighted by Gasteiger charge is -2.28. The fourth-order valence-corrected chi connectivity index (χ4v) is 1.59. The van der Waals surface area contributed by atoms with Gasteiger partial charge in [-0.1, -0.05) is 27.4 Å². The molecule has 0 bridgehead atoms. The summed E-state index contributed by atoms with van der Waals surface area (Å²) >= 11 is 0. The molecule has 0 aromatic rings. The van der Waals surface area contributed by atoms with E-state index in [0.29, 0.717) is 18.5 Å². The summed E-state index contributed by atoms with van der Waals surface area (Å²) in [5.74, 6) is 0.250. The van der Waals surface area contributed by atoms with Gasteiger partial charge in [0, 0.05) is 18.5 Å². The van der Waals surface area contributed by atoms with Gasteiger partial charge >= 0.3 is 0 Å². The lowest BCUT2D eigenvalue weighted by molar-refractivity contribution is -0.123. The normalized spacial score (nSPS) is 12.9. The molecule has 82 valence electrons. The van der Waals surface area contributed by atoms with Crippen molar-refractivity contribution in [1.29, 1.82) is 0 Å². The maximum atomic E-state index is 11.7. The summed E-state index contributed by atoms with van der Waals surface area (Å²) in [6.45, 7) is 11.4. The third kappa shape index (κ3) is 3.92. The molecule has 0 rings (SSSR count). The van der Waals surface area contributed by atoms with Crippen LogP contribution in [0.25, 0.3) is 0 Å². The number of rotatable bonds is 7. The number of hydrogen-bond acceptors (Lipinski definition) is 3. The van der Waals surface area contributed by atoms with E-state index in [2.05, 4.69) is 25.3 Å². The van der Waals surface area contributed by atoms with E-state index < -0.39 is 0 Å². The van der Waals surface area contributed by atoms with Crippen molar-refractivity contribution in [2.75, 3.05) is 13.1 Å². The van der Waals surface area contributed by atoms with Crippen LogP contribution in [-0.2, 0) is 4.79 Å². The molecule has 0 aliphatic carbocycles. The van der Waals surface area contributed by atoms with Crippen LogP contribution in [0.2, 0.25) is 0 Å². The molecule has 2 N–H and O–H groups in total.